The average molecular weight is 174 g/mol. The number of nitrogens with two attached hydrogens (primary N) is 1. The first kappa shape index (κ1) is 11.9. The molecule has 0 heterocycles. The van der Waals surface area contributed by atoms with Crippen LogP contribution in [0.1, 0.15) is 32.6 Å². The first-order chi connectivity index (χ1) is 5.81. The zero-order chi connectivity index (χ0) is 9.23. The second-order valence-corrected chi connectivity index (χ2v) is 3.14. The summed E-state index contributed by atoms with van der Waals surface area (Å²) >= 11 is 0. The maximum atomic E-state index is 9.39. The van der Waals surface area contributed by atoms with Gasteiger partial charge in [-0.2, -0.15) is 0 Å². The van der Waals surface area contributed by atoms with Crippen LogP contribution < -0.4 is 11.1 Å². The molecule has 0 aliphatic rings. The molecule has 0 amide bonds. The van der Waals surface area contributed by atoms with Crippen molar-refractivity contribution in [2.24, 2.45) is 5.73 Å². The maximum absolute atomic E-state index is 9.39. The van der Waals surface area contributed by atoms with E-state index in [1.54, 1.807) is 0 Å². The van der Waals surface area contributed by atoms with Crippen molar-refractivity contribution in [2.75, 3.05) is 19.6 Å². The van der Waals surface area contributed by atoms with Crippen molar-refractivity contribution < 1.29 is 5.11 Å². The fraction of sp³-hybridized carbons (Fsp3) is 1.00. The lowest BCUT2D eigenvalue weighted by atomic mass is 10.1. The van der Waals surface area contributed by atoms with Crippen LogP contribution in [0.3, 0.4) is 0 Å². The maximum Gasteiger partial charge on any atom is 0.0664 e. The van der Waals surface area contributed by atoms with Crippen LogP contribution in [0.25, 0.3) is 0 Å². The molecule has 3 nitrogen and oxygen atoms in total. The molecule has 0 aliphatic carbocycles. The fourth-order valence-electron chi connectivity index (χ4n) is 1.04. The van der Waals surface area contributed by atoms with E-state index in [2.05, 4.69) is 12.2 Å². The van der Waals surface area contributed by atoms with Crippen LogP contribution in [0.15, 0.2) is 0 Å². The highest BCUT2D eigenvalue weighted by atomic mass is 16.3. The molecule has 0 saturated carbocycles. The molecule has 1 unspecified atom stereocenters. The lowest BCUT2D eigenvalue weighted by Gasteiger charge is -2.10. The van der Waals surface area contributed by atoms with Crippen molar-refractivity contribution in [3.05, 3.63) is 0 Å². The van der Waals surface area contributed by atoms with E-state index in [0.717, 1.165) is 38.8 Å². The van der Waals surface area contributed by atoms with E-state index in [0.29, 0.717) is 6.54 Å². The minimum atomic E-state index is -0.178. The van der Waals surface area contributed by atoms with E-state index in [4.69, 9.17) is 5.73 Å². The van der Waals surface area contributed by atoms with Crippen molar-refractivity contribution in [2.45, 2.75) is 38.7 Å². The summed E-state index contributed by atoms with van der Waals surface area (Å²) in [4.78, 5) is 0. The van der Waals surface area contributed by atoms with Crippen LogP contribution in [0.4, 0.5) is 0 Å². The predicted octanol–water partition coefficient (Wildman–Crippen LogP) is 0.476. The van der Waals surface area contributed by atoms with Crippen molar-refractivity contribution in [1.29, 1.82) is 0 Å². The molecule has 0 radical (unpaired) electrons. The third kappa shape index (κ3) is 7.98. The molecule has 12 heavy (non-hydrogen) atoms. The van der Waals surface area contributed by atoms with Crippen LogP contribution >= 0.6 is 0 Å². The number of unbranched alkanes of at least 4 members (excludes halogenated alkanes) is 1. The summed E-state index contributed by atoms with van der Waals surface area (Å²) in [6.07, 6.45) is 3.98. The molecule has 74 valence electrons. The number of hydrogen-bond acceptors (Lipinski definition) is 3. The second kappa shape index (κ2) is 8.97. The molecule has 0 spiro atoms. The molecule has 0 aliphatic heterocycles. The smallest absolute Gasteiger partial charge is 0.0664 e. The number of aliphatic hydroxyl groups excluding tert-OH is 1. The number of nitrogens with one attached hydrogen (secondary N) is 1. The molecular weight excluding hydrogens is 152 g/mol. The zero-order valence-corrected chi connectivity index (χ0v) is 8.05. The lowest BCUT2D eigenvalue weighted by Crippen LogP contribution is -2.28. The molecule has 0 rings (SSSR count). The highest BCUT2D eigenvalue weighted by Gasteiger charge is 2.00. The first-order valence-corrected chi connectivity index (χ1v) is 4.90. The van der Waals surface area contributed by atoms with E-state index >= 15 is 0 Å². The van der Waals surface area contributed by atoms with Crippen molar-refractivity contribution >= 4 is 0 Å². The molecule has 4 N–H and O–H groups in total. The minimum absolute atomic E-state index is 0.178. The Bertz CT molecular complexity index is 88.6. The molecule has 0 bridgehead atoms. The van der Waals surface area contributed by atoms with Gasteiger partial charge < -0.3 is 16.2 Å². The van der Waals surface area contributed by atoms with Gasteiger partial charge in [-0.05, 0) is 25.9 Å². The molecule has 1 atom stereocenters. The normalized spacial score (nSPS) is 13.2. The Labute approximate surface area is 75.3 Å². The number of rotatable bonds is 8. The fourth-order valence-corrected chi connectivity index (χ4v) is 1.04. The molecule has 0 aromatic carbocycles. The standard InChI is InChI=1S/C9H22N2O/c1-2-3-5-9(12)8-11-7-4-6-10/h9,11-12H,2-8,10H2,1H3. The Balaban J connectivity index is 3.02. The molecule has 0 aromatic heterocycles. The van der Waals surface area contributed by atoms with E-state index in [1.165, 1.54) is 0 Å². The second-order valence-electron chi connectivity index (χ2n) is 3.14. The van der Waals surface area contributed by atoms with Crippen LogP contribution in [-0.4, -0.2) is 30.8 Å². The number of hydrogen-bond donors (Lipinski definition) is 3. The van der Waals surface area contributed by atoms with Crippen molar-refractivity contribution in [3.8, 4) is 0 Å². The topological polar surface area (TPSA) is 58.3 Å². The first-order valence-electron chi connectivity index (χ1n) is 4.90. The third-order valence-corrected chi connectivity index (χ3v) is 1.83. The Morgan fingerprint density at radius 2 is 2.17 bits per heavy atom. The van der Waals surface area contributed by atoms with Gasteiger partial charge >= 0.3 is 0 Å². The van der Waals surface area contributed by atoms with Gasteiger partial charge in [-0.3, -0.25) is 0 Å². The van der Waals surface area contributed by atoms with Gasteiger partial charge in [0.05, 0.1) is 6.10 Å². The summed E-state index contributed by atoms with van der Waals surface area (Å²) < 4.78 is 0. The quantitative estimate of drug-likeness (QED) is 0.469. The molecule has 0 fully saturated rings. The van der Waals surface area contributed by atoms with Crippen LogP contribution in [0, 0.1) is 0 Å². The summed E-state index contributed by atoms with van der Waals surface area (Å²) in [5.41, 5.74) is 5.32. The van der Waals surface area contributed by atoms with Gasteiger partial charge in [0.2, 0.25) is 0 Å². The number of aliphatic hydroxyl groups is 1. The largest absolute Gasteiger partial charge is 0.392 e. The van der Waals surface area contributed by atoms with Crippen LogP contribution in [-0.2, 0) is 0 Å². The molecule has 0 saturated heterocycles. The van der Waals surface area contributed by atoms with E-state index in [9.17, 15) is 5.11 Å². The lowest BCUT2D eigenvalue weighted by molar-refractivity contribution is 0.159. The Morgan fingerprint density at radius 1 is 1.42 bits per heavy atom. The summed E-state index contributed by atoms with van der Waals surface area (Å²) in [6.45, 7) is 4.48. The minimum Gasteiger partial charge on any atom is -0.392 e. The summed E-state index contributed by atoms with van der Waals surface area (Å²) in [5.74, 6) is 0. The van der Waals surface area contributed by atoms with Gasteiger partial charge in [-0.25, -0.2) is 0 Å². The molecule has 3 heteroatoms. The highest BCUT2D eigenvalue weighted by Crippen LogP contribution is 1.98. The summed E-state index contributed by atoms with van der Waals surface area (Å²) in [5, 5.41) is 12.6. The van der Waals surface area contributed by atoms with E-state index in [1.807, 2.05) is 0 Å². The Hall–Kier alpha value is -0.120. The van der Waals surface area contributed by atoms with Crippen LogP contribution in [0.5, 0.6) is 0 Å². The van der Waals surface area contributed by atoms with Gasteiger partial charge in [-0.15, -0.1) is 0 Å². The van der Waals surface area contributed by atoms with Gasteiger partial charge in [0, 0.05) is 6.54 Å². The SMILES string of the molecule is CCCCC(O)CNCCCN. The van der Waals surface area contributed by atoms with Gasteiger partial charge in [0.25, 0.3) is 0 Å². The van der Waals surface area contributed by atoms with E-state index in [-0.39, 0.29) is 6.10 Å². The van der Waals surface area contributed by atoms with Crippen molar-refractivity contribution in [1.82, 2.24) is 5.32 Å². The van der Waals surface area contributed by atoms with Gasteiger partial charge in [-0.1, -0.05) is 19.8 Å². The molecule has 0 aromatic rings. The average Bonchev–Trinajstić information content (AvgIpc) is 2.09. The Kier molecular flexibility index (Phi) is 8.88. The van der Waals surface area contributed by atoms with Gasteiger partial charge in [0.1, 0.15) is 0 Å². The predicted molar refractivity (Wildman–Crippen MR) is 52.1 cm³/mol. The van der Waals surface area contributed by atoms with Crippen molar-refractivity contribution in [3.63, 3.8) is 0 Å². The zero-order valence-electron chi connectivity index (χ0n) is 8.05. The Morgan fingerprint density at radius 3 is 2.75 bits per heavy atom. The van der Waals surface area contributed by atoms with Crippen LogP contribution in [0.2, 0.25) is 0 Å². The molecular formula is C9H22N2O. The monoisotopic (exact) mass is 174 g/mol. The third-order valence-electron chi connectivity index (χ3n) is 1.83. The summed E-state index contributed by atoms with van der Waals surface area (Å²) in [7, 11) is 0. The highest BCUT2D eigenvalue weighted by molar-refractivity contribution is 4.59. The van der Waals surface area contributed by atoms with E-state index < -0.39 is 0 Å². The summed E-state index contributed by atoms with van der Waals surface area (Å²) in [6, 6.07) is 0. The van der Waals surface area contributed by atoms with Gasteiger partial charge in [0.15, 0.2) is 0 Å².